The lowest BCUT2D eigenvalue weighted by atomic mass is 10.3. The van der Waals surface area contributed by atoms with Gasteiger partial charge in [-0.2, -0.15) is 0 Å². The van der Waals surface area contributed by atoms with E-state index >= 15 is 0 Å². The van der Waals surface area contributed by atoms with Gasteiger partial charge in [-0.3, -0.25) is 4.79 Å². The molecular formula is C12H13BrFNO2. The summed E-state index contributed by atoms with van der Waals surface area (Å²) in [6.07, 6.45) is 2.11. The molecule has 3 nitrogen and oxygen atoms in total. The van der Waals surface area contributed by atoms with Gasteiger partial charge < -0.3 is 9.64 Å². The fourth-order valence-corrected chi connectivity index (χ4v) is 2.26. The van der Waals surface area contributed by atoms with Gasteiger partial charge in [0, 0.05) is 23.6 Å². The summed E-state index contributed by atoms with van der Waals surface area (Å²) >= 11 is 3.17. The van der Waals surface area contributed by atoms with Crippen molar-refractivity contribution in [2.24, 2.45) is 0 Å². The third-order valence-corrected chi connectivity index (χ3v) is 3.11. The van der Waals surface area contributed by atoms with Gasteiger partial charge in [0.1, 0.15) is 11.6 Å². The molecule has 92 valence electrons. The molecule has 0 aliphatic carbocycles. The number of hydrogen-bond donors (Lipinski definition) is 0. The summed E-state index contributed by atoms with van der Waals surface area (Å²) < 4.78 is 18.9. The van der Waals surface area contributed by atoms with Crippen molar-refractivity contribution in [3.8, 4) is 5.75 Å². The molecule has 1 aromatic carbocycles. The first kappa shape index (κ1) is 12.4. The number of hydrogen-bond acceptors (Lipinski definition) is 2. The van der Waals surface area contributed by atoms with Crippen LogP contribution in [-0.4, -0.2) is 30.5 Å². The summed E-state index contributed by atoms with van der Waals surface area (Å²) in [5.74, 6) is -0.0599. The van der Waals surface area contributed by atoms with Gasteiger partial charge >= 0.3 is 0 Å². The van der Waals surface area contributed by atoms with Crippen molar-refractivity contribution in [1.82, 2.24) is 4.90 Å². The molecule has 1 saturated heterocycles. The molecule has 0 bridgehead atoms. The number of benzene rings is 1. The first-order chi connectivity index (χ1) is 8.15. The highest BCUT2D eigenvalue weighted by Crippen LogP contribution is 2.20. The Morgan fingerprint density at radius 1 is 1.35 bits per heavy atom. The minimum Gasteiger partial charge on any atom is -0.484 e. The molecule has 2 rings (SSSR count). The number of rotatable bonds is 3. The van der Waals surface area contributed by atoms with E-state index < -0.39 is 0 Å². The van der Waals surface area contributed by atoms with Crippen molar-refractivity contribution in [2.75, 3.05) is 19.7 Å². The molecule has 0 spiro atoms. The molecule has 1 fully saturated rings. The zero-order chi connectivity index (χ0) is 12.3. The Bertz CT molecular complexity index is 399. The maximum Gasteiger partial charge on any atom is 0.260 e. The number of ether oxygens (including phenoxy) is 1. The van der Waals surface area contributed by atoms with E-state index in [1.807, 2.05) is 0 Å². The van der Waals surface area contributed by atoms with E-state index in [4.69, 9.17) is 4.74 Å². The van der Waals surface area contributed by atoms with Crippen LogP contribution in [0.5, 0.6) is 5.75 Å². The maximum atomic E-state index is 13.0. The van der Waals surface area contributed by atoms with Crippen LogP contribution in [0.3, 0.4) is 0 Å². The zero-order valence-electron chi connectivity index (χ0n) is 9.29. The Morgan fingerprint density at radius 3 is 2.71 bits per heavy atom. The molecule has 5 heteroatoms. The van der Waals surface area contributed by atoms with Crippen molar-refractivity contribution < 1.29 is 13.9 Å². The van der Waals surface area contributed by atoms with Gasteiger partial charge in [0.25, 0.3) is 5.91 Å². The van der Waals surface area contributed by atoms with Crippen LogP contribution < -0.4 is 4.74 Å². The van der Waals surface area contributed by atoms with Gasteiger partial charge in [-0.25, -0.2) is 4.39 Å². The number of amides is 1. The second-order valence-electron chi connectivity index (χ2n) is 3.98. The van der Waals surface area contributed by atoms with E-state index in [2.05, 4.69) is 15.9 Å². The van der Waals surface area contributed by atoms with Crippen molar-refractivity contribution in [2.45, 2.75) is 12.8 Å². The molecule has 1 aromatic rings. The topological polar surface area (TPSA) is 29.5 Å². The van der Waals surface area contributed by atoms with Crippen LogP contribution in [-0.2, 0) is 4.79 Å². The lowest BCUT2D eigenvalue weighted by Gasteiger charge is -2.15. The zero-order valence-corrected chi connectivity index (χ0v) is 10.9. The predicted octanol–water partition coefficient (Wildman–Crippen LogP) is 2.59. The van der Waals surface area contributed by atoms with Crippen molar-refractivity contribution >= 4 is 21.8 Å². The highest BCUT2D eigenvalue weighted by Gasteiger charge is 2.18. The maximum absolute atomic E-state index is 13.0. The summed E-state index contributed by atoms with van der Waals surface area (Å²) in [7, 11) is 0. The van der Waals surface area contributed by atoms with Gasteiger partial charge in [0.05, 0.1) is 0 Å². The van der Waals surface area contributed by atoms with Gasteiger partial charge in [0.15, 0.2) is 6.61 Å². The standard InChI is InChI=1S/C12H13BrFNO2/c13-9-5-10(14)7-11(6-9)17-8-12(16)15-3-1-2-4-15/h5-7H,1-4,8H2. The Morgan fingerprint density at radius 2 is 2.06 bits per heavy atom. The van der Waals surface area contributed by atoms with Gasteiger partial charge in [-0.05, 0) is 25.0 Å². The number of likely N-dealkylation sites (tertiary alicyclic amines) is 1. The largest absolute Gasteiger partial charge is 0.484 e. The summed E-state index contributed by atoms with van der Waals surface area (Å²) in [6.45, 7) is 1.57. The molecule has 0 aromatic heterocycles. The fraction of sp³-hybridized carbons (Fsp3) is 0.417. The quantitative estimate of drug-likeness (QED) is 0.859. The average Bonchev–Trinajstić information content (AvgIpc) is 2.78. The minimum atomic E-state index is -0.386. The number of carbonyl (C=O) groups is 1. The Labute approximate surface area is 108 Å². The lowest BCUT2D eigenvalue weighted by molar-refractivity contribution is -0.132. The first-order valence-corrected chi connectivity index (χ1v) is 6.31. The van der Waals surface area contributed by atoms with Crippen LogP contribution in [0, 0.1) is 5.82 Å². The molecule has 1 amide bonds. The van der Waals surface area contributed by atoms with Gasteiger partial charge in [-0.1, -0.05) is 15.9 Å². The third-order valence-electron chi connectivity index (χ3n) is 2.66. The fourth-order valence-electron chi connectivity index (χ4n) is 1.81. The summed E-state index contributed by atoms with van der Waals surface area (Å²) in [5, 5.41) is 0. The molecule has 17 heavy (non-hydrogen) atoms. The lowest BCUT2D eigenvalue weighted by Crippen LogP contribution is -2.32. The SMILES string of the molecule is O=C(COc1cc(F)cc(Br)c1)N1CCCC1. The monoisotopic (exact) mass is 301 g/mol. The molecular weight excluding hydrogens is 289 g/mol. The Hall–Kier alpha value is -1.10. The second-order valence-corrected chi connectivity index (χ2v) is 4.90. The number of carbonyl (C=O) groups excluding carboxylic acids is 1. The van der Waals surface area contributed by atoms with Crippen molar-refractivity contribution in [1.29, 1.82) is 0 Å². The second kappa shape index (κ2) is 5.49. The van der Waals surface area contributed by atoms with Gasteiger partial charge in [0.2, 0.25) is 0 Å². The Kier molecular flexibility index (Phi) is 3.99. The van der Waals surface area contributed by atoms with Crippen LogP contribution in [0.4, 0.5) is 4.39 Å². The normalized spacial score (nSPS) is 15.1. The van der Waals surface area contributed by atoms with E-state index in [9.17, 15) is 9.18 Å². The third kappa shape index (κ3) is 3.43. The smallest absolute Gasteiger partial charge is 0.260 e. The van der Waals surface area contributed by atoms with Gasteiger partial charge in [-0.15, -0.1) is 0 Å². The highest BCUT2D eigenvalue weighted by atomic mass is 79.9. The molecule has 0 radical (unpaired) electrons. The van der Waals surface area contributed by atoms with Crippen LogP contribution in [0.15, 0.2) is 22.7 Å². The minimum absolute atomic E-state index is 0.0319. The molecule has 0 unspecified atom stereocenters. The molecule has 1 aliphatic rings. The molecule has 0 N–H and O–H groups in total. The van der Waals surface area contributed by atoms with E-state index in [-0.39, 0.29) is 18.3 Å². The van der Waals surface area contributed by atoms with E-state index in [1.54, 1.807) is 11.0 Å². The predicted molar refractivity (Wildman–Crippen MR) is 65.4 cm³/mol. The Balaban J connectivity index is 1.90. The van der Waals surface area contributed by atoms with Crippen LogP contribution >= 0.6 is 15.9 Å². The highest BCUT2D eigenvalue weighted by molar-refractivity contribution is 9.10. The van der Waals surface area contributed by atoms with Crippen LogP contribution in [0.1, 0.15) is 12.8 Å². The summed E-state index contributed by atoms with van der Waals surface area (Å²) in [6, 6.07) is 4.25. The molecule has 0 atom stereocenters. The van der Waals surface area contributed by atoms with E-state index in [1.165, 1.54) is 12.1 Å². The van der Waals surface area contributed by atoms with E-state index in [0.29, 0.717) is 10.2 Å². The van der Waals surface area contributed by atoms with E-state index in [0.717, 1.165) is 25.9 Å². The van der Waals surface area contributed by atoms with Crippen LogP contribution in [0.2, 0.25) is 0 Å². The first-order valence-electron chi connectivity index (χ1n) is 5.52. The van der Waals surface area contributed by atoms with Crippen molar-refractivity contribution in [3.63, 3.8) is 0 Å². The molecule has 0 saturated carbocycles. The summed E-state index contributed by atoms with van der Waals surface area (Å²) in [5.41, 5.74) is 0. The summed E-state index contributed by atoms with van der Waals surface area (Å²) in [4.78, 5) is 13.5. The molecule has 1 aliphatic heterocycles. The molecule has 1 heterocycles. The van der Waals surface area contributed by atoms with Crippen molar-refractivity contribution in [3.05, 3.63) is 28.5 Å². The number of halogens is 2. The average molecular weight is 302 g/mol. The van der Waals surface area contributed by atoms with Crippen LogP contribution in [0.25, 0.3) is 0 Å². The number of nitrogens with zero attached hydrogens (tertiary/aromatic N) is 1.